The van der Waals surface area contributed by atoms with Crippen LogP contribution in [0.4, 0.5) is 0 Å². The maximum absolute atomic E-state index is 5.39. The van der Waals surface area contributed by atoms with Crippen molar-refractivity contribution in [2.45, 2.75) is 25.8 Å². The molecule has 1 aliphatic carbocycles. The van der Waals surface area contributed by atoms with E-state index in [2.05, 4.69) is 41.4 Å². The van der Waals surface area contributed by atoms with Gasteiger partial charge in [0.25, 0.3) is 0 Å². The summed E-state index contributed by atoms with van der Waals surface area (Å²) in [6.07, 6.45) is 2.76. The molecule has 110 valence electrons. The zero-order valence-corrected chi connectivity index (χ0v) is 12.5. The zero-order chi connectivity index (χ0) is 13.8. The quantitative estimate of drug-likeness (QED) is 0.862. The Balaban J connectivity index is 1.51. The third-order valence-corrected chi connectivity index (χ3v) is 4.43. The van der Waals surface area contributed by atoms with Crippen LogP contribution in [-0.2, 0) is 4.74 Å². The molecule has 0 spiro atoms. The molecule has 2 aliphatic rings. The molecular formula is C17H26N2O. The molecule has 1 unspecified atom stereocenters. The van der Waals surface area contributed by atoms with Crippen LogP contribution >= 0.6 is 0 Å². The van der Waals surface area contributed by atoms with Crippen LogP contribution in [-0.4, -0.2) is 44.3 Å². The van der Waals surface area contributed by atoms with Gasteiger partial charge >= 0.3 is 0 Å². The standard InChI is InChI=1S/C17H26N2O/c1-14-2-4-15(5-3-14)17(16-6-7-16)18-8-9-19-10-12-20-13-11-19/h2-5,16-18H,6-13H2,1H3. The topological polar surface area (TPSA) is 24.5 Å². The summed E-state index contributed by atoms with van der Waals surface area (Å²) >= 11 is 0. The van der Waals surface area contributed by atoms with Crippen molar-refractivity contribution in [2.75, 3.05) is 39.4 Å². The second-order valence-electron chi connectivity index (χ2n) is 6.13. The van der Waals surface area contributed by atoms with Gasteiger partial charge in [0.15, 0.2) is 0 Å². The lowest BCUT2D eigenvalue weighted by Gasteiger charge is -2.28. The Labute approximate surface area is 122 Å². The van der Waals surface area contributed by atoms with Crippen molar-refractivity contribution in [3.05, 3.63) is 35.4 Å². The first-order chi connectivity index (χ1) is 9.83. The minimum absolute atomic E-state index is 0.552. The van der Waals surface area contributed by atoms with Gasteiger partial charge in [-0.2, -0.15) is 0 Å². The van der Waals surface area contributed by atoms with E-state index >= 15 is 0 Å². The number of aryl methyl sites for hydroxylation is 1. The highest BCUT2D eigenvalue weighted by Crippen LogP contribution is 2.40. The first-order valence-corrected chi connectivity index (χ1v) is 7.93. The monoisotopic (exact) mass is 274 g/mol. The van der Waals surface area contributed by atoms with Crippen molar-refractivity contribution in [1.29, 1.82) is 0 Å². The van der Waals surface area contributed by atoms with E-state index < -0.39 is 0 Å². The van der Waals surface area contributed by atoms with Crippen molar-refractivity contribution >= 4 is 0 Å². The van der Waals surface area contributed by atoms with Crippen LogP contribution in [0.3, 0.4) is 0 Å². The molecule has 1 heterocycles. The van der Waals surface area contributed by atoms with Crippen LogP contribution in [0.25, 0.3) is 0 Å². The second kappa shape index (κ2) is 6.70. The van der Waals surface area contributed by atoms with Gasteiger partial charge in [0, 0.05) is 32.2 Å². The molecule has 1 atom stereocenters. The van der Waals surface area contributed by atoms with Crippen LogP contribution in [0.2, 0.25) is 0 Å². The molecule has 0 amide bonds. The van der Waals surface area contributed by atoms with Crippen molar-refractivity contribution < 1.29 is 4.74 Å². The summed E-state index contributed by atoms with van der Waals surface area (Å²) in [6.45, 7) is 8.32. The van der Waals surface area contributed by atoms with E-state index in [1.165, 1.54) is 24.0 Å². The predicted octanol–water partition coefficient (Wildman–Crippen LogP) is 2.37. The van der Waals surface area contributed by atoms with Gasteiger partial charge in [-0.15, -0.1) is 0 Å². The summed E-state index contributed by atoms with van der Waals surface area (Å²) in [7, 11) is 0. The molecule has 20 heavy (non-hydrogen) atoms. The number of nitrogens with one attached hydrogen (secondary N) is 1. The Bertz CT molecular complexity index is 408. The molecule has 1 aromatic carbocycles. The van der Waals surface area contributed by atoms with E-state index in [9.17, 15) is 0 Å². The van der Waals surface area contributed by atoms with Crippen LogP contribution < -0.4 is 5.32 Å². The van der Waals surface area contributed by atoms with E-state index in [0.29, 0.717) is 6.04 Å². The third-order valence-electron chi connectivity index (χ3n) is 4.43. The largest absolute Gasteiger partial charge is 0.379 e. The van der Waals surface area contributed by atoms with Gasteiger partial charge in [-0.3, -0.25) is 4.90 Å². The lowest BCUT2D eigenvalue weighted by molar-refractivity contribution is 0.0380. The molecule has 1 N–H and O–H groups in total. The van der Waals surface area contributed by atoms with E-state index in [-0.39, 0.29) is 0 Å². The fourth-order valence-electron chi connectivity index (χ4n) is 2.96. The number of benzene rings is 1. The maximum atomic E-state index is 5.39. The Hall–Kier alpha value is -0.900. The first kappa shape index (κ1) is 14.1. The van der Waals surface area contributed by atoms with Crippen LogP contribution in [0.15, 0.2) is 24.3 Å². The van der Waals surface area contributed by atoms with E-state index in [1.807, 2.05) is 0 Å². The van der Waals surface area contributed by atoms with Crippen molar-refractivity contribution in [3.8, 4) is 0 Å². The fraction of sp³-hybridized carbons (Fsp3) is 0.647. The minimum Gasteiger partial charge on any atom is -0.379 e. The van der Waals surface area contributed by atoms with Gasteiger partial charge in [-0.05, 0) is 31.2 Å². The van der Waals surface area contributed by atoms with E-state index in [0.717, 1.165) is 45.3 Å². The van der Waals surface area contributed by atoms with Gasteiger partial charge in [-0.1, -0.05) is 29.8 Å². The third kappa shape index (κ3) is 3.81. The molecule has 1 aromatic rings. The zero-order valence-electron chi connectivity index (χ0n) is 12.5. The Morgan fingerprint density at radius 1 is 1.20 bits per heavy atom. The summed E-state index contributed by atoms with van der Waals surface area (Å²) < 4.78 is 5.39. The molecule has 1 aliphatic heterocycles. The number of nitrogens with zero attached hydrogens (tertiary/aromatic N) is 1. The lowest BCUT2D eigenvalue weighted by Crippen LogP contribution is -2.41. The highest BCUT2D eigenvalue weighted by atomic mass is 16.5. The lowest BCUT2D eigenvalue weighted by atomic mass is 10.0. The maximum Gasteiger partial charge on any atom is 0.0594 e. The Morgan fingerprint density at radius 2 is 1.90 bits per heavy atom. The van der Waals surface area contributed by atoms with E-state index in [4.69, 9.17) is 4.74 Å². The summed E-state index contributed by atoms with van der Waals surface area (Å²) in [5, 5.41) is 3.78. The molecule has 0 aromatic heterocycles. The molecular weight excluding hydrogens is 248 g/mol. The average molecular weight is 274 g/mol. The summed E-state index contributed by atoms with van der Waals surface area (Å²) in [6, 6.07) is 9.60. The van der Waals surface area contributed by atoms with Gasteiger partial charge in [-0.25, -0.2) is 0 Å². The summed E-state index contributed by atoms with van der Waals surface area (Å²) in [4.78, 5) is 2.50. The van der Waals surface area contributed by atoms with Crippen LogP contribution in [0, 0.1) is 12.8 Å². The van der Waals surface area contributed by atoms with Gasteiger partial charge in [0.2, 0.25) is 0 Å². The predicted molar refractivity (Wildman–Crippen MR) is 81.9 cm³/mol. The van der Waals surface area contributed by atoms with Gasteiger partial charge in [0.05, 0.1) is 13.2 Å². The van der Waals surface area contributed by atoms with E-state index in [1.54, 1.807) is 0 Å². The number of ether oxygens (including phenoxy) is 1. The molecule has 0 bridgehead atoms. The molecule has 3 nitrogen and oxygen atoms in total. The average Bonchev–Trinajstić information content (AvgIpc) is 3.31. The Kier molecular flexibility index (Phi) is 4.71. The first-order valence-electron chi connectivity index (χ1n) is 7.93. The second-order valence-corrected chi connectivity index (χ2v) is 6.13. The molecule has 2 fully saturated rings. The van der Waals surface area contributed by atoms with Crippen molar-refractivity contribution in [2.24, 2.45) is 5.92 Å². The normalized spacial score (nSPS) is 21.9. The SMILES string of the molecule is Cc1ccc(C(NCCN2CCOCC2)C2CC2)cc1. The Morgan fingerprint density at radius 3 is 2.55 bits per heavy atom. The smallest absolute Gasteiger partial charge is 0.0594 e. The summed E-state index contributed by atoms with van der Waals surface area (Å²) in [5.74, 6) is 0.849. The van der Waals surface area contributed by atoms with Crippen molar-refractivity contribution in [3.63, 3.8) is 0 Å². The fourth-order valence-corrected chi connectivity index (χ4v) is 2.96. The van der Waals surface area contributed by atoms with Gasteiger partial charge in [0.1, 0.15) is 0 Å². The highest BCUT2D eigenvalue weighted by Gasteiger charge is 2.31. The number of hydrogen-bond donors (Lipinski definition) is 1. The minimum atomic E-state index is 0.552. The number of morpholine rings is 1. The molecule has 1 saturated carbocycles. The van der Waals surface area contributed by atoms with Gasteiger partial charge < -0.3 is 10.1 Å². The molecule has 3 heteroatoms. The van der Waals surface area contributed by atoms with Crippen LogP contribution in [0.5, 0.6) is 0 Å². The van der Waals surface area contributed by atoms with Crippen molar-refractivity contribution in [1.82, 2.24) is 10.2 Å². The molecule has 3 rings (SSSR count). The number of rotatable bonds is 6. The molecule has 1 saturated heterocycles. The highest BCUT2D eigenvalue weighted by molar-refractivity contribution is 5.25. The summed E-state index contributed by atoms with van der Waals surface area (Å²) in [5.41, 5.74) is 2.80. The number of hydrogen-bond acceptors (Lipinski definition) is 3. The molecule has 0 radical (unpaired) electrons. The van der Waals surface area contributed by atoms with Crippen LogP contribution in [0.1, 0.15) is 30.0 Å².